The largest absolute Gasteiger partial charge is 0.497 e. The number of benzene rings is 1. The molecule has 9 heteroatoms. The molecule has 0 fully saturated rings. The Balaban J connectivity index is 1.89. The van der Waals surface area contributed by atoms with E-state index in [-0.39, 0.29) is 42.6 Å². The molecule has 35 heavy (non-hydrogen) atoms. The summed E-state index contributed by atoms with van der Waals surface area (Å²) in [6.45, 7) is 6.39. The first-order valence-electron chi connectivity index (χ1n) is 11.2. The number of methoxy groups -OCH3 is 2. The maximum atomic E-state index is 14.7. The Hall–Kier alpha value is -3.75. The van der Waals surface area contributed by atoms with Crippen LogP contribution in [0, 0.1) is 11.2 Å². The van der Waals surface area contributed by atoms with Crippen LogP contribution in [-0.2, 0) is 24.2 Å². The Morgan fingerprint density at radius 2 is 1.74 bits per heavy atom. The van der Waals surface area contributed by atoms with Crippen LogP contribution < -0.4 is 14.2 Å². The van der Waals surface area contributed by atoms with E-state index < -0.39 is 5.97 Å². The molecule has 1 N–H and O–H groups in total. The average molecular weight is 484 g/mol. The van der Waals surface area contributed by atoms with E-state index in [2.05, 4.69) is 30.7 Å². The Morgan fingerprint density at radius 3 is 2.40 bits per heavy atom. The number of aromatic nitrogens is 3. The summed E-state index contributed by atoms with van der Waals surface area (Å²) >= 11 is 0. The number of carboxylic acid groups (broad SMARTS) is 1. The fourth-order valence-corrected chi connectivity index (χ4v) is 3.47. The van der Waals surface area contributed by atoms with Crippen LogP contribution in [0.3, 0.4) is 0 Å². The lowest BCUT2D eigenvalue weighted by atomic mass is 9.87. The highest BCUT2D eigenvalue weighted by Crippen LogP contribution is 2.32. The summed E-state index contributed by atoms with van der Waals surface area (Å²) in [4.78, 5) is 24.0. The number of rotatable bonds is 10. The van der Waals surface area contributed by atoms with E-state index in [1.807, 2.05) is 6.07 Å². The van der Waals surface area contributed by atoms with Crippen LogP contribution in [0.5, 0.6) is 17.6 Å². The quantitative estimate of drug-likeness (QED) is 0.435. The van der Waals surface area contributed by atoms with E-state index in [1.54, 1.807) is 31.4 Å². The number of hydrogen-bond acceptors (Lipinski definition) is 7. The fraction of sp³-hybridized carbons (Fsp3) is 0.385. The monoisotopic (exact) mass is 483 g/mol. The lowest BCUT2D eigenvalue weighted by Crippen LogP contribution is -2.13. The van der Waals surface area contributed by atoms with Crippen molar-refractivity contribution < 1.29 is 28.5 Å². The van der Waals surface area contributed by atoms with E-state index in [9.17, 15) is 9.18 Å². The third-order valence-corrected chi connectivity index (χ3v) is 5.07. The normalized spacial score (nSPS) is 11.3. The minimum Gasteiger partial charge on any atom is -0.497 e. The molecule has 2 heterocycles. The molecule has 3 rings (SSSR count). The molecular formula is C26H30FN3O5. The lowest BCUT2D eigenvalue weighted by Gasteiger charge is -2.21. The molecule has 0 amide bonds. The number of carbonyl (C=O) groups is 1. The standard InChI is InChI=1S/C26H30FN3O5/c1-26(2,3)14-22-19(20-13-18(33-4)8-10-21(20)27)9-6-17(28-22)15-35-23-12-16(7-11-24(31)32)29-25(30-23)34-5/h6,8-10,12-13H,7,11,14-15H2,1-5H3,(H,31,32). The van der Waals surface area contributed by atoms with Crippen molar-refractivity contribution in [3.8, 4) is 28.8 Å². The van der Waals surface area contributed by atoms with Gasteiger partial charge in [0.1, 0.15) is 18.2 Å². The Labute approximate surface area is 204 Å². The number of hydrogen-bond donors (Lipinski definition) is 1. The van der Waals surface area contributed by atoms with Crippen LogP contribution in [0.25, 0.3) is 11.1 Å². The number of aliphatic carboxylic acids is 1. The highest BCUT2D eigenvalue weighted by atomic mass is 19.1. The molecule has 1 aromatic carbocycles. The smallest absolute Gasteiger partial charge is 0.319 e. The molecule has 0 aliphatic rings. The predicted octanol–water partition coefficient (Wildman–Crippen LogP) is 4.88. The molecule has 0 saturated heterocycles. The summed E-state index contributed by atoms with van der Waals surface area (Å²) in [5.41, 5.74) is 2.91. The van der Waals surface area contributed by atoms with Gasteiger partial charge in [-0.3, -0.25) is 9.78 Å². The van der Waals surface area contributed by atoms with E-state index in [4.69, 9.17) is 24.3 Å². The zero-order valence-electron chi connectivity index (χ0n) is 20.6. The Kier molecular flexibility index (Phi) is 8.22. The highest BCUT2D eigenvalue weighted by molar-refractivity contribution is 5.68. The van der Waals surface area contributed by atoms with Crippen molar-refractivity contribution in [2.24, 2.45) is 5.41 Å². The molecular weight excluding hydrogens is 453 g/mol. The molecule has 0 aliphatic heterocycles. The van der Waals surface area contributed by atoms with Gasteiger partial charge in [-0.2, -0.15) is 4.98 Å². The predicted molar refractivity (Wildman–Crippen MR) is 128 cm³/mol. The van der Waals surface area contributed by atoms with Gasteiger partial charge in [0, 0.05) is 29.3 Å². The number of ether oxygens (including phenoxy) is 3. The third-order valence-electron chi connectivity index (χ3n) is 5.07. The van der Waals surface area contributed by atoms with Crippen LogP contribution >= 0.6 is 0 Å². The van der Waals surface area contributed by atoms with Gasteiger partial charge in [-0.15, -0.1) is 0 Å². The van der Waals surface area contributed by atoms with Crippen molar-refractivity contribution in [2.45, 2.75) is 46.6 Å². The molecule has 0 atom stereocenters. The molecule has 0 saturated carbocycles. The molecule has 0 radical (unpaired) electrons. The van der Waals surface area contributed by atoms with Crippen LogP contribution in [0.1, 0.15) is 44.3 Å². The number of carboxylic acids is 1. The van der Waals surface area contributed by atoms with E-state index >= 15 is 0 Å². The van der Waals surface area contributed by atoms with Crippen molar-refractivity contribution in [3.05, 3.63) is 59.3 Å². The summed E-state index contributed by atoms with van der Waals surface area (Å²) in [7, 11) is 2.97. The third kappa shape index (κ3) is 7.37. The first kappa shape index (κ1) is 25.9. The molecule has 2 aromatic heterocycles. The Bertz CT molecular complexity index is 1190. The van der Waals surface area contributed by atoms with Gasteiger partial charge in [-0.25, -0.2) is 9.37 Å². The topological polar surface area (TPSA) is 104 Å². The maximum Gasteiger partial charge on any atom is 0.319 e. The maximum absolute atomic E-state index is 14.7. The zero-order chi connectivity index (χ0) is 25.6. The molecule has 8 nitrogen and oxygen atoms in total. The van der Waals surface area contributed by atoms with Gasteiger partial charge in [0.2, 0.25) is 5.88 Å². The number of nitrogens with zero attached hydrogens (tertiary/aromatic N) is 3. The van der Waals surface area contributed by atoms with Crippen LogP contribution in [-0.4, -0.2) is 40.2 Å². The lowest BCUT2D eigenvalue weighted by molar-refractivity contribution is -0.136. The minimum absolute atomic E-state index is 0.0698. The second-order valence-corrected chi connectivity index (χ2v) is 9.25. The molecule has 0 aliphatic carbocycles. The van der Waals surface area contributed by atoms with Crippen molar-refractivity contribution in [2.75, 3.05) is 14.2 Å². The van der Waals surface area contributed by atoms with Gasteiger partial charge in [-0.05, 0) is 36.1 Å². The molecule has 0 spiro atoms. The number of halogens is 1. The second kappa shape index (κ2) is 11.1. The van der Waals surface area contributed by atoms with Gasteiger partial charge in [0.15, 0.2) is 0 Å². The summed E-state index contributed by atoms with van der Waals surface area (Å²) in [5, 5.41) is 8.94. The Morgan fingerprint density at radius 1 is 0.971 bits per heavy atom. The van der Waals surface area contributed by atoms with E-state index in [0.717, 1.165) is 5.69 Å². The van der Waals surface area contributed by atoms with Crippen LogP contribution in [0.15, 0.2) is 36.4 Å². The summed E-state index contributed by atoms with van der Waals surface area (Å²) in [6.07, 6.45) is 0.770. The summed E-state index contributed by atoms with van der Waals surface area (Å²) in [5.74, 6) is -0.465. The summed E-state index contributed by atoms with van der Waals surface area (Å²) < 4.78 is 31.0. The van der Waals surface area contributed by atoms with Gasteiger partial charge < -0.3 is 19.3 Å². The SMILES string of the molecule is COc1ccc(F)c(-c2ccc(COc3cc(CCC(=O)O)nc(OC)n3)nc2CC(C)(C)C)c1. The summed E-state index contributed by atoms with van der Waals surface area (Å²) in [6, 6.07) is 9.93. The average Bonchev–Trinajstić information content (AvgIpc) is 2.81. The fourth-order valence-electron chi connectivity index (χ4n) is 3.47. The van der Waals surface area contributed by atoms with Crippen LogP contribution in [0.4, 0.5) is 4.39 Å². The van der Waals surface area contributed by atoms with Crippen molar-refractivity contribution in [3.63, 3.8) is 0 Å². The molecule has 3 aromatic rings. The highest BCUT2D eigenvalue weighted by Gasteiger charge is 2.19. The number of aryl methyl sites for hydroxylation is 1. The zero-order valence-corrected chi connectivity index (χ0v) is 20.6. The van der Waals surface area contributed by atoms with E-state index in [1.165, 1.54) is 13.2 Å². The minimum atomic E-state index is -0.923. The molecule has 186 valence electrons. The van der Waals surface area contributed by atoms with Crippen LogP contribution in [0.2, 0.25) is 0 Å². The van der Waals surface area contributed by atoms with Crippen molar-refractivity contribution >= 4 is 5.97 Å². The first-order chi connectivity index (χ1) is 16.6. The van der Waals surface area contributed by atoms with Gasteiger partial charge in [0.25, 0.3) is 0 Å². The van der Waals surface area contributed by atoms with Gasteiger partial charge in [-0.1, -0.05) is 26.8 Å². The second-order valence-electron chi connectivity index (χ2n) is 9.25. The molecule has 0 bridgehead atoms. The first-order valence-corrected chi connectivity index (χ1v) is 11.2. The van der Waals surface area contributed by atoms with Gasteiger partial charge in [0.05, 0.1) is 32.0 Å². The molecule has 0 unspecified atom stereocenters. The van der Waals surface area contributed by atoms with Crippen molar-refractivity contribution in [1.29, 1.82) is 0 Å². The van der Waals surface area contributed by atoms with E-state index in [0.29, 0.717) is 34.7 Å². The number of pyridine rings is 1. The van der Waals surface area contributed by atoms with Gasteiger partial charge >= 0.3 is 12.0 Å². The van der Waals surface area contributed by atoms with Crippen molar-refractivity contribution in [1.82, 2.24) is 15.0 Å².